The summed E-state index contributed by atoms with van der Waals surface area (Å²) in [7, 11) is 0. The first-order valence-corrected chi connectivity index (χ1v) is 9.85. The summed E-state index contributed by atoms with van der Waals surface area (Å²) in [4.78, 5) is 2.51. The Morgan fingerprint density at radius 2 is 1.74 bits per heavy atom. The number of fused-ring (bicyclic) bond motifs is 1. The molecule has 2 fully saturated rings. The molecule has 1 aliphatic carbocycles. The van der Waals surface area contributed by atoms with Gasteiger partial charge >= 0.3 is 0 Å². The van der Waals surface area contributed by atoms with Crippen LogP contribution in [0.2, 0.25) is 0 Å². The molecule has 2 aliphatic rings. The van der Waals surface area contributed by atoms with Gasteiger partial charge in [0.05, 0.1) is 6.10 Å². The van der Waals surface area contributed by atoms with Crippen molar-refractivity contribution in [1.29, 1.82) is 0 Å². The Morgan fingerprint density at radius 3 is 2.44 bits per heavy atom. The van der Waals surface area contributed by atoms with Gasteiger partial charge in [-0.3, -0.25) is 0 Å². The number of likely N-dealkylation sites (tertiary alicyclic amines) is 1. The minimum absolute atomic E-state index is 0. The quantitative estimate of drug-likeness (QED) is 0.787. The first kappa shape index (κ1) is 22.4. The maximum Gasteiger partial charge on any atom is 0.0574 e. The van der Waals surface area contributed by atoms with E-state index in [1.54, 1.807) is 0 Å². The van der Waals surface area contributed by atoms with Crippen LogP contribution in [-0.2, 0) is 0 Å². The van der Waals surface area contributed by atoms with Crippen molar-refractivity contribution in [2.45, 2.75) is 50.2 Å². The lowest BCUT2D eigenvalue weighted by molar-refractivity contribution is 0.0476. The number of rotatable bonds is 4. The second-order valence-electron chi connectivity index (χ2n) is 8.04. The van der Waals surface area contributed by atoms with Gasteiger partial charge in [0.15, 0.2) is 0 Å². The molecule has 0 bridgehead atoms. The third-order valence-corrected chi connectivity index (χ3v) is 6.26. The van der Waals surface area contributed by atoms with Gasteiger partial charge < -0.3 is 15.7 Å². The number of aliphatic hydroxyl groups is 1. The average molecular weight is 411 g/mol. The van der Waals surface area contributed by atoms with Crippen molar-refractivity contribution in [2.75, 3.05) is 19.6 Å². The number of aliphatic hydroxyl groups excluding tert-OH is 1. The van der Waals surface area contributed by atoms with E-state index >= 15 is 0 Å². The summed E-state index contributed by atoms with van der Waals surface area (Å²) in [6.45, 7) is 3.11. The molecular formula is C22H32Cl2N2O. The summed E-state index contributed by atoms with van der Waals surface area (Å²) in [5.74, 6) is 0.761. The summed E-state index contributed by atoms with van der Waals surface area (Å²) >= 11 is 0. The first-order valence-electron chi connectivity index (χ1n) is 9.85. The Morgan fingerprint density at radius 1 is 1.00 bits per heavy atom. The zero-order valence-electron chi connectivity index (χ0n) is 15.8. The van der Waals surface area contributed by atoms with E-state index in [0.717, 1.165) is 45.3 Å². The fourth-order valence-corrected chi connectivity index (χ4v) is 4.84. The predicted molar refractivity (Wildman–Crippen MR) is 118 cm³/mol. The Labute approximate surface area is 175 Å². The van der Waals surface area contributed by atoms with Crippen molar-refractivity contribution in [3.8, 4) is 0 Å². The van der Waals surface area contributed by atoms with E-state index in [9.17, 15) is 5.11 Å². The highest BCUT2D eigenvalue weighted by Crippen LogP contribution is 2.38. The van der Waals surface area contributed by atoms with Crippen LogP contribution in [0.5, 0.6) is 0 Å². The average Bonchev–Trinajstić information content (AvgIpc) is 3.05. The Balaban J connectivity index is 0.00000131. The minimum atomic E-state index is -0.165. The number of benzene rings is 2. The smallest absolute Gasteiger partial charge is 0.0574 e. The Kier molecular flexibility index (Phi) is 8.39. The fourth-order valence-electron chi connectivity index (χ4n) is 4.84. The van der Waals surface area contributed by atoms with Crippen LogP contribution >= 0.6 is 24.8 Å². The van der Waals surface area contributed by atoms with Crippen molar-refractivity contribution in [3.05, 3.63) is 48.0 Å². The molecule has 2 aromatic rings. The van der Waals surface area contributed by atoms with Crippen molar-refractivity contribution >= 4 is 35.6 Å². The standard InChI is InChI=1S/C22H30N2O.2ClH/c23-19-11-12-24(14-19)15-21(20-7-3-4-8-22(20)25)18-10-9-16-5-1-2-6-17(16)13-18;;/h1-2,5-6,9-10,13,19-22,25H,3-4,7-8,11-12,14-15,23H2;2*1H/t19-,20?,21?,22?;;/m0../s1. The topological polar surface area (TPSA) is 49.5 Å². The van der Waals surface area contributed by atoms with Crippen molar-refractivity contribution < 1.29 is 5.11 Å². The molecule has 0 radical (unpaired) electrons. The lowest BCUT2D eigenvalue weighted by Gasteiger charge is -2.37. The molecule has 4 rings (SSSR count). The SMILES string of the molecule is Cl.Cl.N[C@H]1CCN(CC(c2ccc3ccccc3c2)C2CCCCC2O)C1. The molecule has 150 valence electrons. The van der Waals surface area contributed by atoms with E-state index in [1.807, 2.05) is 0 Å². The van der Waals surface area contributed by atoms with Crippen LogP contribution in [0.3, 0.4) is 0 Å². The van der Waals surface area contributed by atoms with E-state index in [0.29, 0.717) is 17.9 Å². The van der Waals surface area contributed by atoms with Crippen molar-refractivity contribution in [2.24, 2.45) is 11.7 Å². The van der Waals surface area contributed by atoms with Crippen molar-refractivity contribution in [1.82, 2.24) is 4.90 Å². The lowest BCUT2D eigenvalue weighted by atomic mass is 9.74. The first-order chi connectivity index (χ1) is 12.2. The molecular weight excluding hydrogens is 379 g/mol. The molecule has 1 saturated heterocycles. The zero-order valence-corrected chi connectivity index (χ0v) is 17.4. The third-order valence-electron chi connectivity index (χ3n) is 6.26. The third kappa shape index (κ3) is 5.16. The van der Waals surface area contributed by atoms with Gasteiger partial charge in [0.25, 0.3) is 0 Å². The van der Waals surface area contributed by atoms with E-state index in [2.05, 4.69) is 47.4 Å². The van der Waals surface area contributed by atoms with Crippen LogP contribution in [-0.4, -0.2) is 41.8 Å². The molecule has 2 aromatic carbocycles. The number of hydrogen-bond donors (Lipinski definition) is 2. The molecule has 0 amide bonds. The van der Waals surface area contributed by atoms with Gasteiger partial charge in [-0.15, -0.1) is 24.8 Å². The molecule has 3 N–H and O–H groups in total. The minimum Gasteiger partial charge on any atom is -0.393 e. The van der Waals surface area contributed by atoms with Crippen LogP contribution < -0.4 is 5.73 Å². The van der Waals surface area contributed by atoms with Gasteiger partial charge in [-0.05, 0) is 48.1 Å². The number of nitrogens with two attached hydrogens (primary N) is 1. The van der Waals surface area contributed by atoms with Gasteiger partial charge in [-0.1, -0.05) is 55.3 Å². The molecule has 0 aromatic heterocycles. The van der Waals surface area contributed by atoms with Gasteiger partial charge in [-0.2, -0.15) is 0 Å². The maximum atomic E-state index is 10.7. The van der Waals surface area contributed by atoms with Gasteiger partial charge in [0.2, 0.25) is 0 Å². The van der Waals surface area contributed by atoms with Crippen LogP contribution in [0.15, 0.2) is 42.5 Å². The van der Waals surface area contributed by atoms with Gasteiger partial charge in [0.1, 0.15) is 0 Å². The van der Waals surface area contributed by atoms with Crippen LogP contribution in [0.25, 0.3) is 10.8 Å². The van der Waals surface area contributed by atoms with Crippen LogP contribution in [0, 0.1) is 5.92 Å². The van der Waals surface area contributed by atoms with E-state index in [1.165, 1.54) is 22.8 Å². The molecule has 1 heterocycles. The fraction of sp³-hybridized carbons (Fsp3) is 0.545. The van der Waals surface area contributed by atoms with Crippen LogP contribution in [0.1, 0.15) is 43.6 Å². The molecule has 27 heavy (non-hydrogen) atoms. The second-order valence-corrected chi connectivity index (χ2v) is 8.04. The van der Waals surface area contributed by atoms with E-state index < -0.39 is 0 Å². The molecule has 3 unspecified atom stereocenters. The van der Waals surface area contributed by atoms with Crippen molar-refractivity contribution in [3.63, 3.8) is 0 Å². The summed E-state index contributed by atoms with van der Waals surface area (Å²) in [5, 5.41) is 13.3. The summed E-state index contributed by atoms with van der Waals surface area (Å²) in [6.07, 6.45) is 5.42. The highest BCUT2D eigenvalue weighted by molar-refractivity contribution is 5.85. The number of nitrogens with zero attached hydrogens (tertiary/aromatic N) is 1. The second kappa shape index (κ2) is 10.1. The predicted octanol–water partition coefficient (Wildman–Crippen LogP) is 4.35. The molecule has 4 atom stereocenters. The molecule has 3 nitrogen and oxygen atoms in total. The number of halogens is 2. The molecule has 0 spiro atoms. The van der Waals surface area contributed by atoms with Gasteiger partial charge in [0, 0.05) is 25.0 Å². The Bertz CT molecular complexity index is 726. The Hall–Kier alpha value is -0.840. The highest BCUT2D eigenvalue weighted by Gasteiger charge is 2.34. The molecule has 5 heteroatoms. The van der Waals surface area contributed by atoms with Crippen LogP contribution in [0.4, 0.5) is 0 Å². The van der Waals surface area contributed by atoms with E-state index in [-0.39, 0.29) is 30.9 Å². The largest absolute Gasteiger partial charge is 0.393 e. The monoisotopic (exact) mass is 410 g/mol. The summed E-state index contributed by atoms with van der Waals surface area (Å²) in [6, 6.07) is 15.7. The molecule has 1 saturated carbocycles. The summed E-state index contributed by atoms with van der Waals surface area (Å²) < 4.78 is 0. The van der Waals surface area contributed by atoms with E-state index in [4.69, 9.17) is 5.73 Å². The number of hydrogen-bond acceptors (Lipinski definition) is 3. The lowest BCUT2D eigenvalue weighted by Crippen LogP contribution is -2.37. The zero-order chi connectivity index (χ0) is 17.2. The van der Waals surface area contributed by atoms with Gasteiger partial charge in [-0.25, -0.2) is 0 Å². The maximum absolute atomic E-state index is 10.7. The normalized spacial score (nSPS) is 27.0. The summed E-state index contributed by atoms with van der Waals surface area (Å²) in [5.41, 5.74) is 7.51. The highest BCUT2D eigenvalue weighted by atomic mass is 35.5. The molecule has 1 aliphatic heterocycles.